The summed E-state index contributed by atoms with van der Waals surface area (Å²) in [5, 5.41) is 11.3. The van der Waals surface area contributed by atoms with Gasteiger partial charge in [0.25, 0.3) is 0 Å². The highest BCUT2D eigenvalue weighted by molar-refractivity contribution is 6.30. The Kier molecular flexibility index (Phi) is 4.67. The summed E-state index contributed by atoms with van der Waals surface area (Å²) in [6.45, 7) is 0. The number of allylic oxidation sites excluding steroid dienone is 1. The van der Waals surface area contributed by atoms with Gasteiger partial charge in [0.05, 0.1) is 18.7 Å². The minimum atomic E-state index is -0.660. The summed E-state index contributed by atoms with van der Waals surface area (Å²) in [5.41, 5.74) is 1.49. The number of nitrogens with zero attached hydrogens (tertiary/aromatic N) is 3. The van der Waals surface area contributed by atoms with Gasteiger partial charge in [-0.1, -0.05) is 41.9 Å². The van der Waals surface area contributed by atoms with Gasteiger partial charge in [0.2, 0.25) is 5.95 Å². The molecule has 3 aromatic rings. The maximum atomic E-state index is 13.5. The Bertz CT molecular complexity index is 1070. The van der Waals surface area contributed by atoms with Gasteiger partial charge in [0.1, 0.15) is 12.0 Å². The number of nitrogens with one attached hydrogen (secondary N) is 1. The average molecular weight is 395 g/mol. The molecule has 2 aromatic carbocycles. The quantitative estimate of drug-likeness (QED) is 0.540. The van der Waals surface area contributed by atoms with E-state index < -0.39 is 12.0 Å². The van der Waals surface area contributed by atoms with E-state index in [0.717, 1.165) is 5.56 Å². The third-order valence-electron chi connectivity index (χ3n) is 4.49. The molecule has 140 valence electrons. The summed E-state index contributed by atoms with van der Waals surface area (Å²) in [4.78, 5) is 26.0. The number of fused-ring (bicyclic) bond motifs is 1. The number of carbonyl (C=O) groups is 2. The highest BCUT2D eigenvalue weighted by Gasteiger charge is 2.37. The van der Waals surface area contributed by atoms with Crippen molar-refractivity contribution in [2.24, 2.45) is 0 Å². The summed E-state index contributed by atoms with van der Waals surface area (Å²) < 4.78 is 6.62. The highest BCUT2D eigenvalue weighted by Crippen LogP contribution is 2.37. The summed E-state index contributed by atoms with van der Waals surface area (Å²) in [5.74, 6) is -0.632. The molecular weight excluding hydrogens is 380 g/mol. The topological polar surface area (TPSA) is 86.1 Å². The first kappa shape index (κ1) is 17.9. The molecule has 0 saturated heterocycles. The molecule has 0 spiro atoms. The standard InChI is InChI=1S/C20H15ClN4O3/c1-28-19(27)16-15(18(26)13-7-9-14(21)10-8-13)17(12-5-3-2-4-6-12)25-11-22-24-20(25)23-16/h2-11,17H,1H3,(H,23,24)/t17-/m1/s1. The molecule has 7 nitrogen and oxygen atoms in total. The Balaban J connectivity index is 1.94. The Hall–Kier alpha value is -3.45. The van der Waals surface area contributed by atoms with Crippen LogP contribution in [-0.4, -0.2) is 33.6 Å². The number of ether oxygens (including phenoxy) is 1. The third-order valence-corrected chi connectivity index (χ3v) is 4.74. The number of benzene rings is 2. The first-order valence-electron chi connectivity index (χ1n) is 8.44. The predicted molar refractivity (Wildman–Crippen MR) is 103 cm³/mol. The van der Waals surface area contributed by atoms with Gasteiger partial charge in [-0.3, -0.25) is 9.36 Å². The number of anilines is 1. The fourth-order valence-corrected chi connectivity index (χ4v) is 3.32. The van der Waals surface area contributed by atoms with Gasteiger partial charge in [-0.25, -0.2) is 4.79 Å². The van der Waals surface area contributed by atoms with E-state index in [4.69, 9.17) is 16.3 Å². The lowest BCUT2D eigenvalue weighted by Crippen LogP contribution is -2.32. The highest BCUT2D eigenvalue weighted by atomic mass is 35.5. The summed E-state index contributed by atoms with van der Waals surface area (Å²) in [6, 6.07) is 15.3. The van der Waals surface area contributed by atoms with Crippen LogP contribution in [-0.2, 0) is 9.53 Å². The van der Waals surface area contributed by atoms with Crippen molar-refractivity contribution in [3.05, 3.63) is 88.3 Å². The number of halogens is 1. The molecule has 1 aliphatic heterocycles. The first-order valence-corrected chi connectivity index (χ1v) is 8.82. The number of methoxy groups -OCH3 is 1. The largest absolute Gasteiger partial charge is 0.464 e. The van der Waals surface area contributed by atoms with Gasteiger partial charge < -0.3 is 10.1 Å². The second kappa shape index (κ2) is 7.28. The smallest absolute Gasteiger partial charge is 0.355 e. The van der Waals surface area contributed by atoms with Crippen molar-refractivity contribution in [1.82, 2.24) is 14.8 Å². The molecule has 2 heterocycles. The molecule has 0 unspecified atom stereocenters. The number of hydrogen-bond acceptors (Lipinski definition) is 6. The van der Waals surface area contributed by atoms with Crippen LogP contribution in [0.2, 0.25) is 5.02 Å². The summed E-state index contributed by atoms with van der Waals surface area (Å²) in [7, 11) is 1.26. The molecule has 1 atom stereocenters. The Morgan fingerprint density at radius 2 is 1.82 bits per heavy atom. The molecule has 8 heteroatoms. The van der Waals surface area contributed by atoms with Gasteiger partial charge >= 0.3 is 5.97 Å². The van der Waals surface area contributed by atoms with Crippen molar-refractivity contribution in [1.29, 1.82) is 0 Å². The van der Waals surface area contributed by atoms with Crippen LogP contribution >= 0.6 is 11.6 Å². The molecule has 0 fully saturated rings. The van der Waals surface area contributed by atoms with Crippen LogP contribution in [0.5, 0.6) is 0 Å². The van der Waals surface area contributed by atoms with Crippen LogP contribution in [0.15, 0.2) is 72.2 Å². The molecule has 0 amide bonds. The van der Waals surface area contributed by atoms with E-state index >= 15 is 0 Å². The van der Waals surface area contributed by atoms with Crippen LogP contribution in [0.4, 0.5) is 5.95 Å². The van der Waals surface area contributed by atoms with Gasteiger partial charge in [-0.15, -0.1) is 10.2 Å². The number of hydrogen-bond donors (Lipinski definition) is 1. The summed E-state index contributed by atoms with van der Waals surface area (Å²) in [6.07, 6.45) is 1.52. The lowest BCUT2D eigenvalue weighted by Gasteiger charge is -2.29. The number of ketones is 1. The van der Waals surface area contributed by atoms with Crippen LogP contribution in [0, 0.1) is 0 Å². The van der Waals surface area contributed by atoms with Crippen molar-refractivity contribution in [3.8, 4) is 0 Å². The van der Waals surface area contributed by atoms with E-state index in [0.29, 0.717) is 16.5 Å². The zero-order valence-corrected chi connectivity index (χ0v) is 15.6. The van der Waals surface area contributed by atoms with Crippen LogP contribution in [0.1, 0.15) is 22.0 Å². The van der Waals surface area contributed by atoms with E-state index in [1.54, 1.807) is 28.8 Å². The van der Waals surface area contributed by atoms with E-state index in [1.165, 1.54) is 13.4 Å². The number of carbonyl (C=O) groups excluding carboxylic acids is 2. The second-order valence-corrected chi connectivity index (χ2v) is 6.55. The lowest BCUT2D eigenvalue weighted by atomic mass is 9.89. The molecule has 1 aromatic heterocycles. The predicted octanol–water partition coefficient (Wildman–Crippen LogP) is 3.26. The monoisotopic (exact) mass is 394 g/mol. The Labute approximate surface area is 165 Å². The van der Waals surface area contributed by atoms with E-state index in [1.807, 2.05) is 30.3 Å². The molecule has 1 N–H and O–H groups in total. The average Bonchev–Trinajstić information content (AvgIpc) is 3.21. The second-order valence-electron chi connectivity index (χ2n) is 6.12. The number of rotatable bonds is 4. The zero-order chi connectivity index (χ0) is 19.7. The van der Waals surface area contributed by atoms with Crippen LogP contribution < -0.4 is 5.32 Å². The van der Waals surface area contributed by atoms with E-state index in [-0.39, 0.29) is 17.1 Å². The van der Waals surface area contributed by atoms with Crippen molar-refractivity contribution in [2.45, 2.75) is 6.04 Å². The minimum Gasteiger partial charge on any atom is -0.464 e. The van der Waals surface area contributed by atoms with Crippen molar-refractivity contribution in [2.75, 3.05) is 12.4 Å². The Morgan fingerprint density at radius 3 is 2.50 bits per heavy atom. The van der Waals surface area contributed by atoms with Crippen LogP contribution in [0.3, 0.4) is 0 Å². The minimum absolute atomic E-state index is 0.0387. The SMILES string of the molecule is COC(=O)C1=C(C(=O)c2ccc(Cl)cc2)[C@@H](c2ccccc2)n2cnnc2N1. The Morgan fingerprint density at radius 1 is 1.11 bits per heavy atom. The first-order chi connectivity index (χ1) is 13.6. The van der Waals surface area contributed by atoms with E-state index in [9.17, 15) is 9.59 Å². The molecule has 0 saturated carbocycles. The molecule has 1 aliphatic rings. The maximum absolute atomic E-state index is 13.5. The number of aromatic nitrogens is 3. The number of esters is 1. The molecule has 4 rings (SSSR count). The normalized spacial score (nSPS) is 15.6. The van der Waals surface area contributed by atoms with Crippen LogP contribution in [0.25, 0.3) is 0 Å². The van der Waals surface area contributed by atoms with Gasteiger partial charge in [0.15, 0.2) is 5.78 Å². The molecule has 0 bridgehead atoms. The fourth-order valence-electron chi connectivity index (χ4n) is 3.20. The molecule has 28 heavy (non-hydrogen) atoms. The van der Waals surface area contributed by atoms with E-state index in [2.05, 4.69) is 15.5 Å². The molecular formula is C20H15ClN4O3. The third kappa shape index (κ3) is 3.05. The van der Waals surface area contributed by atoms with Gasteiger partial charge in [-0.2, -0.15) is 0 Å². The molecule has 0 aliphatic carbocycles. The fraction of sp³-hybridized carbons (Fsp3) is 0.100. The van der Waals surface area contributed by atoms with Crippen molar-refractivity contribution >= 4 is 29.3 Å². The summed E-state index contributed by atoms with van der Waals surface area (Å²) >= 11 is 5.95. The maximum Gasteiger partial charge on any atom is 0.355 e. The molecule has 0 radical (unpaired) electrons. The van der Waals surface area contributed by atoms with Crippen molar-refractivity contribution in [3.63, 3.8) is 0 Å². The van der Waals surface area contributed by atoms with Gasteiger partial charge in [-0.05, 0) is 29.8 Å². The zero-order valence-electron chi connectivity index (χ0n) is 14.8. The van der Waals surface area contributed by atoms with Crippen molar-refractivity contribution < 1.29 is 14.3 Å². The van der Waals surface area contributed by atoms with Gasteiger partial charge in [0, 0.05) is 10.6 Å². The number of Topliss-reactive ketones (excluding diaryl/α,β-unsaturated/α-hetero) is 1. The lowest BCUT2D eigenvalue weighted by molar-refractivity contribution is -0.136.